The van der Waals surface area contributed by atoms with Crippen molar-refractivity contribution in [2.24, 2.45) is 0 Å². The molecule has 5 rings (SSSR count). The van der Waals surface area contributed by atoms with E-state index >= 15 is 0 Å². The molecule has 0 bridgehead atoms. The summed E-state index contributed by atoms with van der Waals surface area (Å²) >= 11 is 0. The van der Waals surface area contributed by atoms with Gasteiger partial charge in [0.2, 0.25) is 0 Å². The molecule has 8 heteroatoms. The highest BCUT2D eigenvalue weighted by atomic mass is 19.1. The minimum Gasteiger partial charge on any atom is -0.476 e. The molecule has 0 radical (unpaired) electrons. The number of carboxylic acid groups (broad SMARTS) is 1. The number of aromatic nitrogens is 4. The Labute approximate surface area is 187 Å². The van der Waals surface area contributed by atoms with Gasteiger partial charge >= 0.3 is 5.97 Å². The van der Waals surface area contributed by atoms with Crippen LogP contribution in [-0.4, -0.2) is 31.0 Å². The highest BCUT2D eigenvalue weighted by molar-refractivity contribution is 6.19. The molecular weight excluding hydrogens is 423 g/mol. The largest absolute Gasteiger partial charge is 0.476 e. The average Bonchev–Trinajstić information content (AvgIpc) is 3.17. The van der Waals surface area contributed by atoms with Crippen LogP contribution >= 0.6 is 0 Å². The normalized spacial score (nSPS) is 11.2. The number of carbonyl (C=O) groups is 1. The first-order valence-electron chi connectivity index (χ1n) is 10.4. The molecule has 0 spiro atoms. The van der Waals surface area contributed by atoms with Crippen LogP contribution in [0.15, 0.2) is 55.1 Å². The van der Waals surface area contributed by atoms with Crippen LogP contribution in [-0.2, 0) is 6.42 Å². The van der Waals surface area contributed by atoms with Gasteiger partial charge in [-0.15, -0.1) is 0 Å². The van der Waals surface area contributed by atoms with Gasteiger partial charge in [-0.3, -0.25) is 0 Å². The number of aromatic amines is 1. The molecule has 3 heterocycles. The number of carboxylic acids is 1. The second kappa shape index (κ2) is 7.98. The van der Waals surface area contributed by atoms with Crippen LogP contribution in [0.25, 0.3) is 32.9 Å². The summed E-state index contributed by atoms with van der Waals surface area (Å²) in [6.07, 6.45) is 4.95. The summed E-state index contributed by atoms with van der Waals surface area (Å²) in [6.45, 7) is 3.75. The fourth-order valence-electron chi connectivity index (χ4n) is 4.10. The third kappa shape index (κ3) is 3.45. The first-order valence-corrected chi connectivity index (χ1v) is 10.4. The van der Waals surface area contributed by atoms with Gasteiger partial charge in [0, 0.05) is 33.1 Å². The molecule has 0 saturated carbocycles. The van der Waals surface area contributed by atoms with Crippen molar-refractivity contribution >= 4 is 27.8 Å². The molecule has 0 aliphatic rings. The Hall–Kier alpha value is -4.33. The quantitative estimate of drug-likeness (QED) is 0.363. The maximum Gasteiger partial charge on any atom is 0.356 e. The maximum atomic E-state index is 14.9. The molecule has 0 aliphatic heterocycles. The standard InChI is InChI=1S/C25H19FN4O3/c1-3-18-21(15-6-4-5-7-17(15)26)22-16-9-20(33-14-10-27-12-28-11-14)13(2)8-19(16)30-23(22)24(29-18)25(31)32/h4-12,30H,3H2,1-2H3,(H,31,32). The van der Waals surface area contributed by atoms with E-state index in [9.17, 15) is 14.3 Å². The van der Waals surface area contributed by atoms with Crippen molar-refractivity contribution in [2.75, 3.05) is 0 Å². The van der Waals surface area contributed by atoms with Gasteiger partial charge < -0.3 is 14.8 Å². The van der Waals surface area contributed by atoms with Crippen LogP contribution in [0.1, 0.15) is 28.7 Å². The van der Waals surface area contributed by atoms with E-state index in [4.69, 9.17) is 4.74 Å². The molecule has 0 saturated heterocycles. The fraction of sp³-hybridized carbons (Fsp3) is 0.120. The number of fused-ring (bicyclic) bond motifs is 3. The Morgan fingerprint density at radius 1 is 1.18 bits per heavy atom. The summed E-state index contributed by atoms with van der Waals surface area (Å²) in [4.78, 5) is 27.6. The molecule has 0 unspecified atom stereocenters. The first kappa shape index (κ1) is 20.6. The average molecular weight is 442 g/mol. The summed E-state index contributed by atoms with van der Waals surface area (Å²) in [6, 6.07) is 10.1. The summed E-state index contributed by atoms with van der Waals surface area (Å²) < 4.78 is 20.9. The van der Waals surface area contributed by atoms with Gasteiger partial charge in [0.05, 0.1) is 17.9 Å². The number of ether oxygens (including phenoxy) is 1. The molecule has 0 aliphatic carbocycles. The van der Waals surface area contributed by atoms with E-state index in [-0.39, 0.29) is 5.69 Å². The second-order valence-electron chi connectivity index (χ2n) is 7.64. The molecule has 0 atom stereocenters. The number of rotatable bonds is 5. The molecule has 2 N–H and O–H groups in total. The van der Waals surface area contributed by atoms with Crippen LogP contribution in [0.4, 0.5) is 4.39 Å². The molecule has 2 aromatic carbocycles. The van der Waals surface area contributed by atoms with Gasteiger partial charge in [-0.1, -0.05) is 25.1 Å². The van der Waals surface area contributed by atoms with Gasteiger partial charge in [-0.05, 0) is 37.1 Å². The van der Waals surface area contributed by atoms with E-state index in [0.29, 0.717) is 56.5 Å². The zero-order valence-electron chi connectivity index (χ0n) is 17.9. The van der Waals surface area contributed by atoms with E-state index in [0.717, 1.165) is 5.56 Å². The van der Waals surface area contributed by atoms with Crippen molar-refractivity contribution in [1.82, 2.24) is 19.9 Å². The lowest BCUT2D eigenvalue weighted by Crippen LogP contribution is -2.06. The lowest BCUT2D eigenvalue weighted by atomic mass is 9.95. The predicted molar refractivity (Wildman–Crippen MR) is 122 cm³/mol. The minimum absolute atomic E-state index is 0.102. The molecule has 0 amide bonds. The Morgan fingerprint density at radius 3 is 2.64 bits per heavy atom. The molecule has 3 aromatic heterocycles. The Kier molecular flexibility index (Phi) is 4.97. The molecule has 164 valence electrons. The van der Waals surface area contributed by atoms with E-state index in [1.54, 1.807) is 30.6 Å². The van der Waals surface area contributed by atoms with E-state index in [1.807, 2.05) is 26.0 Å². The number of hydrogen-bond acceptors (Lipinski definition) is 5. The monoisotopic (exact) mass is 442 g/mol. The van der Waals surface area contributed by atoms with Crippen molar-refractivity contribution in [3.05, 3.63) is 77.9 Å². The summed E-state index contributed by atoms with van der Waals surface area (Å²) in [5, 5.41) is 11.2. The Bertz CT molecular complexity index is 1530. The van der Waals surface area contributed by atoms with Crippen molar-refractivity contribution in [3.63, 3.8) is 0 Å². The van der Waals surface area contributed by atoms with Crippen molar-refractivity contribution in [3.8, 4) is 22.6 Å². The van der Waals surface area contributed by atoms with Gasteiger partial charge in [-0.2, -0.15) is 0 Å². The number of hydrogen-bond donors (Lipinski definition) is 2. The van der Waals surface area contributed by atoms with E-state index in [2.05, 4.69) is 19.9 Å². The molecule has 5 aromatic rings. The topological polar surface area (TPSA) is 101 Å². The van der Waals surface area contributed by atoms with E-state index < -0.39 is 11.8 Å². The Morgan fingerprint density at radius 2 is 1.94 bits per heavy atom. The second-order valence-corrected chi connectivity index (χ2v) is 7.64. The number of benzene rings is 2. The molecule has 0 fully saturated rings. The van der Waals surface area contributed by atoms with Crippen molar-refractivity contribution in [2.45, 2.75) is 20.3 Å². The smallest absolute Gasteiger partial charge is 0.356 e. The predicted octanol–water partition coefficient (Wildman–Crippen LogP) is 5.67. The zero-order valence-corrected chi connectivity index (χ0v) is 17.9. The minimum atomic E-state index is -1.16. The van der Waals surface area contributed by atoms with Gasteiger partial charge in [0.25, 0.3) is 0 Å². The van der Waals surface area contributed by atoms with Crippen LogP contribution < -0.4 is 4.74 Å². The number of aromatic carboxylic acids is 1. The first-order chi connectivity index (χ1) is 16.0. The lowest BCUT2D eigenvalue weighted by Gasteiger charge is -2.13. The molecule has 33 heavy (non-hydrogen) atoms. The number of nitrogens with one attached hydrogen (secondary N) is 1. The summed E-state index contributed by atoms with van der Waals surface area (Å²) in [5.74, 6) is -0.533. The number of pyridine rings is 1. The van der Waals surface area contributed by atoms with Crippen LogP contribution in [0.3, 0.4) is 0 Å². The van der Waals surface area contributed by atoms with Crippen LogP contribution in [0, 0.1) is 12.7 Å². The zero-order chi connectivity index (χ0) is 23.1. The summed E-state index contributed by atoms with van der Waals surface area (Å²) in [7, 11) is 0. The van der Waals surface area contributed by atoms with Crippen molar-refractivity contribution < 1.29 is 19.0 Å². The van der Waals surface area contributed by atoms with Crippen molar-refractivity contribution in [1.29, 1.82) is 0 Å². The van der Waals surface area contributed by atoms with Crippen LogP contribution in [0.2, 0.25) is 0 Å². The third-order valence-electron chi connectivity index (χ3n) is 5.56. The maximum absolute atomic E-state index is 14.9. The molecule has 7 nitrogen and oxygen atoms in total. The van der Waals surface area contributed by atoms with Crippen LogP contribution in [0.5, 0.6) is 11.5 Å². The number of H-pyrrole nitrogens is 1. The highest BCUT2D eigenvalue weighted by Gasteiger charge is 2.24. The number of halogens is 1. The Balaban J connectivity index is 1.88. The third-order valence-corrected chi connectivity index (χ3v) is 5.56. The van der Waals surface area contributed by atoms with E-state index in [1.165, 1.54) is 12.4 Å². The summed E-state index contributed by atoms with van der Waals surface area (Å²) in [5.41, 5.74) is 3.21. The van der Waals surface area contributed by atoms with Gasteiger partial charge in [-0.25, -0.2) is 24.1 Å². The number of nitrogens with zero attached hydrogens (tertiary/aromatic N) is 3. The number of aryl methyl sites for hydroxylation is 2. The fourth-order valence-corrected chi connectivity index (χ4v) is 4.10. The van der Waals surface area contributed by atoms with Gasteiger partial charge in [0.15, 0.2) is 11.4 Å². The molecular formula is C25H19FN4O3. The SMILES string of the molecule is CCc1nc(C(=O)O)c2[nH]c3cc(C)c(Oc4cncnc4)cc3c2c1-c1ccccc1F. The van der Waals surface area contributed by atoms with Gasteiger partial charge in [0.1, 0.15) is 17.9 Å². The lowest BCUT2D eigenvalue weighted by molar-refractivity contribution is 0.0692. The highest BCUT2D eigenvalue weighted by Crippen LogP contribution is 2.41.